The molecule has 2 heterocycles. The van der Waals surface area contributed by atoms with Gasteiger partial charge in [-0.05, 0) is 31.9 Å². The van der Waals surface area contributed by atoms with Crippen LogP contribution in [0.2, 0.25) is 0 Å². The normalized spacial score (nSPS) is 13.8. The van der Waals surface area contributed by atoms with Gasteiger partial charge in [0.15, 0.2) is 0 Å². The van der Waals surface area contributed by atoms with Gasteiger partial charge in [-0.15, -0.1) is 0 Å². The van der Waals surface area contributed by atoms with E-state index in [1.54, 1.807) is 6.33 Å². The molecule has 0 N–H and O–H groups in total. The molecule has 0 saturated heterocycles. The van der Waals surface area contributed by atoms with Crippen molar-refractivity contribution in [1.82, 2.24) is 14.5 Å². The molecule has 0 bridgehead atoms. The van der Waals surface area contributed by atoms with Gasteiger partial charge in [0.25, 0.3) is 0 Å². The van der Waals surface area contributed by atoms with Crippen molar-refractivity contribution in [1.29, 1.82) is 0 Å². The van der Waals surface area contributed by atoms with E-state index >= 15 is 0 Å². The van der Waals surface area contributed by atoms with E-state index in [9.17, 15) is 4.79 Å². The molecule has 2 aromatic heterocycles. The molecule has 2 rings (SSSR count). The highest BCUT2D eigenvalue weighted by molar-refractivity contribution is 5.78. The maximum Gasteiger partial charge on any atom is 0.145 e. The summed E-state index contributed by atoms with van der Waals surface area (Å²) in [4.78, 5) is 19.3. The molecule has 0 aliphatic carbocycles. The molecule has 0 aliphatic heterocycles. The fraction of sp³-hybridized carbons (Fsp3) is 0.357. The Balaban J connectivity index is 2.53. The minimum atomic E-state index is 0.155. The number of aryl methyl sites for hydroxylation is 1. The van der Waals surface area contributed by atoms with Crippen molar-refractivity contribution in [3.63, 3.8) is 0 Å². The Morgan fingerprint density at radius 2 is 2.28 bits per heavy atom. The number of allylic oxidation sites excluding steroid dienone is 2. The standard InChI is InChI=1S/C14H17N3O/c1-4-12(7-10(2)8-18)17-6-5-13-11(3)15-9-16-14(13)17/h5-9,12H,4H2,1-3H3/b10-7+. The zero-order valence-corrected chi connectivity index (χ0v) is 10.9. The Hall–Kier alpha value is -1.97. The Labute approximate surface area is 106 Å². The topological polar surface area (TPSA) is 47.8 Å². The molecule has 0 aromatic carbocycles. The van der Waals surface area contributed by atoms with Gasteiger partial charge in [-0.2, -0.15) is 0 Å². The van der Waals surface area contributed by atoms with Crippen molar-refractivity contribution in [3.05, 3.63) is 35.9 Å². The van der Waals surface area contributed by atoms with Crippen LogP contribution in [0.3, 0.4) is 0 Å². The lowest BCUT2D eigenvalue weighted by Crippen LogP contribution is -2.06. The number of hydrogen-bond donors (Lipinski definition) is 0. The molecular weight excluding hydrogens is 226 g/mol. The van der Waals surface area contributed by atoms with Crippen molar-refractivity contribution in [2.24, 2.45) is 0 Å². The van der Waals surface area contributed by atoms with Crippen LogP contribution in [-0.4, -0.2) is 20.8 Å². The Kier molecular flexibility index (Phi) is 3.55. The van der Waals surface area contributed by atoms with Crippen molar-refractivity contribution in [2.45, 2.75) is 33.2 Å². The number of aromatic nitrogens is 3. The Morgan fingerprint density at radius 1 is 1.50 bits per heavy atom. The van der Waals surface area contributed by atoms with Crippen LogP contribution in [0.1, 0.15) is 32.0 Å². The van der Waals surface area contributed by atoms with Gasteiger partial charge < -0.3 is 4.57 Å². The first-order valence-corrected chi connectivity index (χ1v) is 6.09. The average molecular weight is 243 g/mol. The third-order valence-corrected chi connectivity index (χ3v) is 3.13. The molecule has 1 unspecified atom stereocenters. The summed E-state index contributed by atoms with van der Waals surface area (Å²) in [6.07, 6.45) is 7.36. The summed E-state index contributed by atoms with van der Waals surface area (Å²) in [6, 6.07) is 2.18. The first-order valence-electron chi connectivity index (χ1n) is 6.09. The van der Waals surface area contributed by atoms with Gasteiger partial charge in [-0.1, -0.05) is 13.0 Å². The molecule has 0 saturated carbocycles. The van der Waals surface area contributed by atoms with E-state index in [1.807, 2.05) is 32.2 Å². The number of fused-ring (bicyclic) bond motifs is 1. The number of aldehydes is 1. The van der Waals surface area contributed by atoms with Crippen LogP contribution in [0.5, 0.6) is 0 Å². The van der Waals surface area contributed by atoms with Crippen LogP contribution in [0.4, 0.5) is 0 Å². The van der Waals surface area contributed by atoms with Gasteiger partial charge in [0.1, 0.15) is 18.3 Å². The predicted molar refractivity (Wildman–Crippen MR) is 71.4 cm³/mol. The van der Waals surface area contributed by atoms with Gasteiger partial charge in [0, 0.05) is 11.6 Å². The largest absolute Gasteiger partial charge is 0.326 e. The molecule has 4 nitrogen and oxygen atoms in total. The molecule has 18 heavy (non-hydrogen) atoms. The highest BCUT2D eigenvalue weighted by atomic mass is 16.1. The molecule has 2 aromatic rings. The van der Waals surface area contributed by atoms with Gasteiger partial charge in [-0.25, -0.2) is 9.97 Å². The SMILES string of the molecule is CCC(/C=C(\C)C=O)n1ccc2c(C)ncnc21. The van der Waals surface area contributed by atoms with E-state index in [4.69, 9.17) is 0 Å². The number of hydrogen-bond acceptors (Lipinski definition) is 3. The zero-order chi connectivity index (χ0) is 13.1. The van der Waals surface area contributed by atoms with Crippen molar-refractivity contribution < 1.29 is 4.79 Å². The van der Waals surface area contributed by atoms with Crippen molar-refractivity contribution >= 4 is 17.3 Å². The Bertz CT molecular complexity index is 598. The van der Waals surface area contributed by atoms with Crippen LogP contribution in [-0.2, 0) is 4.79 Å². The molecule has 0 radical (unpaired) electrons. The molecule has 4 heteroatoms. The van der Waals surface area contributed by atoms with E-state index < -0.39 is 0 Å². The quantitative estimate of drug-likeness (QED) is 0.612. The first-order chi connectivity index (χ1) is 8.67. The minimum Gasteiger partial charge on any atom is -0.326 e. The summed E-state index contributed by atoms with van der Waals surface area (Å²) >= 11 is 0. The van der Waals surface area contributed by atoms with E-state index in [2.05, 4.69) is 21.5 Å². The highest BCUT2D eigenvalue weighted by Gasteiger charge is 2.11. The maximum atomic E-state index is 10.7. The van der Waals surface area contributed by atoms with E-state index in [0.29, 0.717) is 0 Å². The lowest BCUT2D eigenvalue weighted by molar-refractivity contribution is -0.104. The third-order valence-electron chi connectivity index (χ3n) is 3.13. The van der Waals surface area contributed by atoms with Crippen LogP contribution in [0.25, 0.3) is 11.0 Å². The van der Waals surface area contributed by atoms with Crippen molar-refractivity contribution in [2.75, 3.05) is 0 Å². The summed E-state index contributed by atoms with van der Waals surface area (Å²) in [6.45, 7) is 5.89. The van der Waals surface area contributed by atoms with Crippen LogP contribution in [0, 0.1) is 6.92 Å². The number of nitrogens with zero attached hydrogens (tertiary/aromatic N) is 3. The molecule has 0 fully saturated rings. The van der Waals surface area contributed by atoms with Gasteiger partial charge in [0.2, 0.25) is 0 Å². The van der Waals surface area contributed by atoms with Crippen LogP contribution >= 0.6 is 0 Å². The number of carbonyl (C=O) groups is 1. The zero-order valence-electron chi connectivity index (χ0n) is 10.9. The monoisotopic (exact) mass is 243 g/mol. The highest BCUT2D eigenvalue weighted by Crippen LogP contribution is 2.23. The summed E-state index contributed by atoms with van der Waals surface area (Å²) in [5.41, 5.74) is 2.64. The lowest BCUT2D eigenvalue weighted by atomic mass is 10.1. The lowest BCUT2D eigenvalue weighted by Gasteiger charge is -2.14. The number of carbonyl (C=O) groups excluding carboxylic acids is 1. The van der Waals surface area contributed by atoms with E-state index in [-0.39, 0.29) is 6.04 Å². The molecule has 94 valence electrons. The fourth-order valence-electron chi connectivity index (χ4n) is 2.10. The molecule has 0 amide bonds. The molecule has 0 aliphatic rings. The minimum absolute atomic E-state index is 0.155. The second-order valence-electron chi connectivity index (χ2n) is 4.42. The molecular formula is C14H17N3O. The van der Waals surface area contributed by atoms with Gasteiger partial charge >= 0.3 is 0 Å². The third kappa shape index (κ3) is 2.18. The van der Waals surface area contributed by atoms with Crippen LogP contribution in [0.15, 0.2) is 30.2 Å². The fourth-order valence-corrected chi connectivity index (χ4v) is 2.10. The molecule has 0 spiro atoms. The number of rotatable bonds is 4. The summed E-state index contributed by atoms with van der Waals surface area (Å²) < 4.78 is 2.09. The van der Waals surface area contributed by atoms with E-state index in [0.717, 1.165) is 35.0 Å². The average Bonchev–Trinajstić information content (AvgIpc) is 2.81. The summed E-state index contributed by atoms with van der Waals surface area (Å²) in [5.74, 6) is 0. The van der Waals surface area contributed by atoms with Crippen molar-refractivity contribution in [3.8, 4) is 0 Å². The smallest absolute Gasteiger partial charge is 0.145 e. The Morgan fingerprint density at radius 3 is 2.94 bits per heavy atom. The summed E-state index contributed by atoms with van der Waals surface area (Å²) in [5, 5.41) is 1.06. The second kappa shape index (κ2) is 5.12. The maximum absolute atomic E-state index is 10.7. The van der Waals surface area contributed by atoms with Gasteiger partial charge in [0.05, 0.1) is 11.7 Å². The molecule has 1 atom stereocenters. The summed E-state index contributed by atoms with van der Waals surface area (Å²) in [7, 11) is 0. The predicted octanol–water partition coefficient (Wildman–Crippen LogP) is 2.84. The second-order valence-corrected chi connectivity index (χ2v) is 4.42. The van der Waals surface area contributed by atoms with E-state index in [1.165, 1.54) is 0 Å². The van der Waals surface area contributed by atoms with Gasteiger partial charge in [-0.3, -0.25) is 4.79 Å². The van der Waals surface area contributed by atoms with Crippen LogP contribution < -0.4 is 0 Å². The first kappa shape index (κ1) is 12.5.